The van der Waals surface area contributed by atoms with Crippen molar-refractivity contribution in [2.75, 3.05) is 6.61 Å². The van der Waals surface area contributed by atoms with Crippen LogP contribution < -0.4 is 5.32 Å². The topological polar surface area (TPSA) is 62.2 Å². The summed E-state index contributed by atoms with van der Waals surface area (Å²) in [6.45, 7) is 2.04. The van der Waals surface area contributed by atoms with Crippen LogP contribution in [0.4, 0.5) is 0 Å². The smallest absolute Gasteiger partial charge is 0.263 e. The van der Waals surface area contributed by atoms with Gasteiger partial charge in [0, 0.05) is 18.6 Å². The van der Waals surface area contributed by atoms with Crippen molar-refractivity contribution in [2.45, 2.75) is 32.2 Å². The third kappa shape index (κ3) is 2.41. The molecule has 5 heteroatoms. The summed E-state index contributed by atoms with van der Waals surface area (Å²) >= 11 is 1.40. The maximum Gasteiger partial charge on any atom is 0.263 e. The molecule has 1 heterocycles. The highest BCUT2D eigenvalue weighted by Crippen LogP contribution is 2.25. The first-order valence-corrected chi connectivity index (χ1v) is 6.36. The number of carbonyl (C=O) groups excluding carboxylic acids is 1. The molecule has 0 spiro atoms. The standard InChI is InChI=1S/C11H16N2O2S/c1-7-12-5-10(16-7)11(15)13-9-4-2-3-8(9)6-14/h5,8-9,14H,2-4,6H2,1H3,(H,13,15). The Morgan fingerprint density at radius 3 is 3.12 bits per heavy atom. The normalized spacial score (nSPS) is 24.6. The zero-order valence-electron chi connectivity index (χ0n) is 9.27. The van der Waals surface area contributed by atoms with E-state index in [0.717, 1.165) is 24.3 Å². The largest absolute Gasteiger partial charge is 0.396 e. The Morgan fingerprint density at radius 1 is 1.69 bits per heavy atom. The fourth-order valence-corrected chi connectivity index (χ4v) is 2.83. The summed E-state index contributed by atoms with van der Waals surface area (Å²) in [6, 6.07) is 0.125. The molecule has 0 saturated heterocycles. The number of hydrogen-bond acceptors (Lipinski definition) is 4. The van der Waals surface area contributed by atoms with Gasteiger partial charge in [-0.1, -0.05) is 6.42 Å². The number of hydrogen-bond donors (Lipinski definition) is 2. The molecule has 88 valence electrons. The van der Waals surface area contributed by atoms with Gasteiger partial charge in [0.25, 0.3) is 5.91 Å². The van der Waals surface area contributed by atoms with Crippen molar-refractivity contribution in [1.29, 1.82) is 0 Å². The second-order valence-electron chi connectivity index (χ2n) is 4.20. The molecule has 2 N–H and O–H groups in total. The molecule has 0 bridgehead atoms. The summed E-state index contributed by atoms with van der Waals surface area (Å²) in [5, 5.41) is 13.0. The number of thiazole rings is 1. The third-order valence-corrected chi connectivity index (χ3v) is 3.97. The van der Waals surface area contributed by atoms with Crippen LogP contribution in [0.2, 0.25) is 0 Å². The average Bonchev–Trinajstić information content (AvgIpc) is 2.86. The zero-order valence-corrected chi connectivity index (χ0v) is 10.1. The van der Waals surface area contributed by atoms with Crippen LogP contribution in [-0.4, -0.2) is 28.6 Å². The lowest BCUT2D eigenvalue weighted by atomic mass is 10.1. The molecule has 2 atom stereocenters. The van der Waals surface area contributed by atoms with Crippen LogP contribution in [0.5, 0.6) is 0 Å². The summed E-state index contributed by atoms with van der Waals surface area (Å²) < 4.78 is 0. The number of nitrogens with one attached hydrogen (secondary N) is 1. The first-order valence-electron chi connectivity index (χ1n) is 5.55. The van der Waals surface area contributed by atoms with Gasteiger partial charge >= 0.3 is 0 Å². The quantitative estimate of drug-likeness (QED) is 0.838. The highest BCUT2D eigenvalue weighted by Gasteiger charge is 2.28. The third-order valence-electron chi connectivity index (χ3n) is 3.06. The van der Waals surface area contributed by atoms with E-state index in [1.54, 1.807) is 6.20 Å². The van der Waals surface area contributed by atoms with E-state index in [1.807, 2.05) is 6.92 Å². The zero-order chi connectivity index (χ0) is 11.5. The van der Waals surface area contributed by atoms with Crippen molar-refractivity contribution in [2.24, 2.45) is 5.92 Å². The van der Waals surface area contributed by atoms with Crippen molar-refractivity contribution < 1.29 is 9.90 Å². The van der Waals surface area contributed by atoms with Crippen LogP contribution in [-0.2, 0) is 0 Å². The molecule has 1 fully saturated rings. The molecular formula is C11H16N2O2S. The monoisotopic (exact) mass is 240 g/mol. The minimum Gasteiger partial charge on any atom is -0.396 e. The Morgan fingerprint density at radius 2 is 2.50 bits per heavy atom. The lowest BCUT2D eigenvalue weighted by Gasteiger charge is -2.18. The molecule has 1 amide bonds. The van der Waals surface area contributed by atoms with Gasteiger partial charge in [0.1, 0.15) is 4.88 Å². The Kier molecular flexibility index (Phi) is 3.56. The highest BCUT2D eigenvalue weighted by molar-refractivity contribution is 7.13. The number of aromatic nitrogens is 1. The summed E-state index contributed by atoms with van der Waals surface area (Å²) in [7, 11) is 0. The highest BCUT2D eigenvalue weighted by atomic mass is 32.1. The summed E-state index contributed by atoms with van der Waals surface area (Å²) in [5.74, 6) is 0.161. The van der Waals surface area contributed by atoms with Gasteiger partial charge in [-0.05, 0) is 19.8 Å². The molecule has 1 aromatic heterocycles. The van der Waals surface area contributed by atoms with Gasteiger partial charge in [0.05, 0.1) is 11.2 Å². The van der Waals surface area contributed by atoms with Crippen LogP contribution in [0, 0.1) is 12.8 Å². The predicted octanol–water partition coefficient (Wildman–Crippen LogP) is 1.34. The SMILES string of the molecule is Cc1ncc(C(=O)NC2CCCC2CO)s1. The van der Waals surface area contributed by atoms with E-state index in [-0.39, 0.29) is 24.5 Å². The van der Waals surface area contributed by atoms with Gasteiger partial charge in [0.2, 0.25) is 0 Å². The molecule has 1 aliphatic rings. The second-order valence-corrected chi connectivity index (χ2v) is 5.43. The molecule has 1 aliphatic carbocycles. The van der Waals surface area contributed by atoms with Crippen molar-refractivity contribution >= 4 is 17.2 Å². The maximum atomic E-state index is 11.9. The van der Waals surface area contributed by atoms with E-state index in [2.05, 4.69) is 10.3 Å². The lowest BCUT2D eigenvalue weighted by molar-refractivity contribution is 0.0920. The molecule has 2 rings (SSSR count). The Balaban J connectivity index is 1.97. The minimum atomic E-state index is -0.0593. The number of nitrogens with zero attached hydrogens (tertiary/aromatic N) is 1. The van der Waals surface area contributed by atoms with E-state index < -0.39 is 0 Å². The molecule has 16 heavy (non-hydrogen) atoms. The number of rotatable bonds is 3. The van der Waals surface area contributed by atoms with Crippen molar-refractivity contribution in [3.63, 3.8) is 0 Å². The van der Waals surface area contributed by atoms with E-state index in [0.29, 0.717) is 4.88 Å². The minimum absolute atomic E-state index is 0.0593. The average molecular weight is 240 g/mol. The fraction of sp³-hybridized carbons (Fsp3) is 0.636. The number of aliphatic hydroxyl groups excluding tert-OH is 1. The van der Waals surface area contributed by atoms with Gasteiger partial charge < -0.3 is 10.4 Å². The number of amides is 1. The predicted molar refractivity (Wildman–Crippen MR) is 62.5 cm³/mol. The van der Waals surface area contributed by atoms with Gasteiger partial charge in [-0.15, -0.1) is 11.3 Å². The van der Waals surface area contributed by atoms with Crippen molar-refractivity contribution in [3.8, 4) is 0 Å². The number of aryl methyl sites for hydroxylation is 1. The van der Waals surface area contributed by atoms with Crippen LogP contribution >= 0.6 is 11.3 Å². The van der Waals surface area contributed by atoms with Crippen LogP contribution in [0.25, 0.3) is 0 Å². The van der Waals surface area contributed by atoms with E-state index >= 15 is 0 Å². The van der Waals surface area contributed by atoms with Crippen LogP contribution in [0.3, 0.4) is 0 Å². The van der Waals surface area contributed by atoms with E-state index in [4.69, 9.17) is 5.11 Å². The molecule has 0 radical (unpaired) electrons. The fourth-order valence-electron chi connectivity index (χ4n) is 2.15. The summed E-state index contributed by atoms with van der Waals surface area (Å²) in [5.41, 5.74) is 0. The van der Waals surface area contributed by atoms with Crippen LogP contribution in [0.1, 0.15) is 33.9 Å². The molecular weight excluding hydrogens is 224 g/mol. The Labute approximate surface area is 98.7 Å². The second kappa shape index (κ2) is 4.93. The molecule has 4 nitrogen and oxygen atoms in total. The van der Waals surface area contributed by atoms with Gasteiger partial charge in [0.15, 0.2) is 0 Å². The molecule has 0 aromatic carbocycles. The lowest BCUT2D eigenvalue weighted by Crippen LogP contribution is -2.38. The first-order chi connectivity index (χ1) is 7.70. The van der Waals surface area contributed by atoms with Crippen molar-refractivity contribution in [1.82, 2.24) is 10.3 Å². The Hall–Kier alpha value is -0.940. The Bertz CT molecular complexity index is 378. The first kappa shape index (κ1) is 11.5. The van der Waals surface area contributed by atoms with Gasteiger partial charge in [-0.25, -0.2) is 4.98 Å². The van der Waals surface area contributed by atoms with Gasteiger partial charge in [-0.2, -0.15) is 0 Å². The van der Waals surface area contributed by atoms with Gasteiger partial charge in [-0.3, -0.25) is 4.79 Å². The maximum absolute atomic E-state index is 11.9. The number of aliphatic hydroxyl groups is 1. The summed E-state index contributed by atoms with van der Waals surface area (Å²) in [4.78, 5) is 16.6. The number of carbonyl (C=O) groups is 1. The molecule has 1 saturated carbocycles. The molecule has 1 aromatic rings. The van der Waals surface area contributed by atoms with Crippen LogP contribution in [0.15, 0.2) is 6.20 Å². The van der Waals surface area contributed by atoms with E-state index in [9.17, 15) is 4.79 Å². The van der Waals surface area contributed by atoms with E-state index in [1.165, 1.54) is 11.3 Å². The van der Waals surface area contributed by atoms with Crippen molar-refractivity contribution in [3.05, 3.63) is 16.1 Å². The molecule has 0 aliphatic heterocycles. The summed E-state index contributed by atoms with van der Waals surface area (Å²) in [6.07, 6.45) is 4.66. The molecule has 2 unspecified atom stereocenters.